The summed E-state index contributed by atoms with van der Waals surface area (Å²) in [6.45, 7) is 2.26. The number of alkyl halides is 3. The third-order valence-corrected chi connectivity index (χ3v) is 7.26. The number of aromatic nitrogens is 1. The Balaban J connectivity index is 1.57. The molecule has 0 unspecified atom stereocenters. The van der Waals surface area contributed by atoms with Crippen molar-refractivity contribution in [3.63, 3.8) is 0 Å². The van der Waals surface area contributed by atoms with E-state index in [4.69, 9.17) is 5.84 Å². The number of para-hydroxylation sites is 1. The van der Waals surface area contributed by atoms with Gasteiger partial charge in [0, 0.05) is 18.8 Å². The Morgan fingerprint density at radius 3 is 2.34 bits per heavy atom. The van der Waals surface area contributed by atoms with Crippen molar-refractivity contribution in [3.8, 4) is 0 Å². The first-order valence-electron chi connectivity index (χ1n) is 11.2. The number of nitrogens with zero attached hydrogens (tertiary/aromatic N) is 3. The number of likely N-dealkylation sites (tertiary alicyclic amines) is 1. The van der Waals surface area contributed by atoms with E-state index in [1.165, 1.54) is 12.5 Å². The van der Waals surface area contributed by atoms with Crippen LogP contribution < -0.4 is 10.9 Å². The van der Waals surface area contributed by atoms with E-state index in [2.05, 4.69) is 4.98 Å². The lowest BCUT2D eigenvalue weighted by atomic mass is 9.89. The fourth-order valence-electron chi connectivity index (χ4n) is 4.31. The van der Waals surface area contributed by atoms with Crippen LogP contribution in [0.3, 0.4) is 0 Å². The highest BCUT2D eigenvalue weighted by Crippen LogP contribution is 2.32. The SMILES string of the molecule is CC(=C(C(=O)N(N)c1nc2ccccc2s1)C(=O)C(F)(F)F)N1CCC(Cc2ccccc2)CC1. The van der Waals surface area contributed by atoms with Crippen LogP contribution in [0.25, 0.3) is 10.2 Å². The second-order valence-corrected chi connectivity index (χ2v) is 9.56. The number of allylic oxidation sites excluding steroid dienone is 1. The fourth-order valence-corrected chi connectivity index (χ4v) is 5.19. The lowest BCUT2D eigenvalue weighted by Gasteiger charge is -2.35. The number of fused-ring (bicyclic) bond motifs is 1. The van der Waals surface area contributed by atoms with E-state index in [0.29, 0.717) is 29.5 Å². The average Bonchev–Trinajstić information content (AvgIpc) is 3.28. The van der Waals surface area contributed by atoms with Crippen LogP contribution in [0.1, 0.15) is 25.3 Å². The Kier molecular flexibility index (Phi) is 7.23. The molecule has 0 radical (unpaired) electrons. The molecule has 0 atom stereocenters. The van der Waals surface area contributed by atoms with E-state index in [-0.39, 0.29) is 10.8 Å². The van der Waals surface area contributed by atoms with Crippen molar-refractivity contribution in [2.75, 3.05) is 18.1 Å². The number of carbonyl (C=O) groups excluding carboxylic acids is 2. The van der Waals surface area contributed by atoms with Crippen LogP contribution >= 0.6 is 11.3 Å². The summed E-state index contributed by atoms with van der Waals surface area (Å²) in [5.41, 5.74) is 0.768. The summed E-state index contributed by atoms with van der Waals surface area (Å²) < 4.78 is 41.2. The number of benzene rings is 2. The molecule has 0 bridgehead atoms. The molecule has 2 heterocycles. The molecule has 1 amide bonds. The molecule has 2 N–H and O–H groups in total. The smallest absolute Gasteiger partial charge is 0.374 e. The lowest BCUT2D eigenvalue weighted by Crippen LogP contribution is -2.45. The minimum atomic E-state index is -5.22. The second-order valence-electron chi connectivity index (χ2n) is 8.55. The molecule has 3 aromatic rings. The van der Waals surface area contributed by atoms with Gasteiger partial charge in [0.25, 0.3) is 11.7 Å². The normalized spacial score (nSPS) is 15.7. The van der Waals surface area contributed by atoms with Gasteiger partial charge in [-0.15, -0.1) is 0 Å². The number of hydrogen-bond donors (Lipinski definition) is 1. The van der Waals surface area contributed by atoms with Crippen molar-refractivity contribution < 1.29 is 22.8 Å². The molecule has 10 heteroatoms. The van der Waals surface area contributed by atoms with Gasteiger partial charge in [0.05, 0.1) is 10.2 Å². The van der Waals surface area contributed by atoms with Crippen LogP contribution in [0.15, 0.2) is 65.9 Å². The highest BCUT2D eigenvalue weighted by molar-refractivity contribution is 7.22. The number of amides is 1. The predicted octanol–water partition coefficient (Wildman–Crippen LogP) is 4.86. The van der Waals surface area contributed by atoms with Crippen molar-refractivity contribution in [3.05, 3.63) is 71.4 Å². The van der Waals surface area contributed by atoms with Crippen molar-refractivity contribution >= 4 is 38.4 Å². The first kappa shape index (κ1) is 24.9. The molecule has 4 rings (SSSR count). The van der Waals surface area contributed by atoms with Gasteiger partial charge in [-0.3, -0.25) is 9.59 Å². The predicted molar refractivity (Wildman–Crippen MR) is 129 cm³/mol. The molecule has 1 aliphatic heterocycles. The molecule has 0 spiro atoms. The zero-order valence-electron chi connectivity index (χ0n) is 19.1. The molecule has 1 saturated heterocycles. The molecule has 184 valence electrons. The summed E-state index contributed by atoms with van der Waals surface area (Å²) in [6, 6.07) is 17.0. The van der Waals surface area contributed by atoms with E-state index >= 15 is 0 Å². The number of halogens is 3. The van der Waals surface area contributed by atoms with Gasteiger partial charge in [-0.2, -0.15) is 13.2 Å². The summed E-state index contributed by atoms with van der Waals surface area (Å²) in [5, 5.41) is 0.549. The molecule has 35 heavy (non-hydrogen) atoms. The van der Waals surface area contributed by atoms with Gasteiger partial charge >= 0.3 is 6.18 Å². The third-order valence-electron chi connectivity index (χ3n) is 6.22. The minimum absolute atomic E-state index is 0.0121. The quantitative estimate of drug-likeness (QED) is 0.130. The van der Waals surface area contributed by atoms with Crippen LogP contribution in [0.4, 0.5) is 18.3 Å². The van der Waals surface area contributed by atoms with Crippen LogP contribution in [-0.2, 0) is 16.0 Å². The largest absolute Gasteiger partial charge is 0.455 e. The minimum Gasteiger partial charge on any atom is -0.374 e. The van der Waals surface area contributed by atoms with E-state index in [0.717, 1.165) is 35.3 Å². The number of hydrazine groups is 1. The van der Waals surface area contributed by atoms with E-state index < -0.39 is 23.4 Å². The molecular weight excluding hydrogens is 477 g/mol. The maximum atomic E-state index is 13.5. The monoisotopic (exact) mass is 502 g/mol. The highest BCUT2D eigenvalue weighted by Gasteiger charge is 2.46. The van der Waals surface area contributed by atoms with Gasteiger partial charge in [0.15, 0.2) is 0 Å². The summed E-state index contributed by atoms with van der Waals surface area (Å²) >= 11 is 1.06. The van der Waals surface area contributed by atoms with E-state index in [1.807, 2.05) is 30.3 Å². The van der Waals surface area contributed by atoms with Gasteiger partial charge in [-0.1, -0.05) is 53.8 Å². The number of Topliss-reactive ketones (excluding diaryl/α,β-unsaturated/α-hetero) is 1. The Bertz CT molecular complexity index is 1220. The Labute approximate surface area is 204 Å². The topological polar surface area (TPSA) is 79.5 Å². The zero-order valence-corrected chi connectivity index (χ0v) is 19.9. The molecule has 0 aliphatic carbocycles. The number of anilines is 1. The summed E-state index contributed by atoms with van der Waals surface area (Å²) in [5.74, 6) is 2.86. The van der Waals surface area contributed by atoms with Gasteiger partial charge in [-0.05, 0) is 49.8 Å². The van der Waals surface area contributed by atoms with Crippen molar-refractivity contribution in [1.29, 1.82) is 0 Å². The van der Waals surface area contributed by atoms with Gasteiger partial charge in [0.2, 0.25) is 5.13 Å². The summed E-state index contributed by atoms with van der Waals surface area (Å²) in [7, 11) is 0. The number of rotatable bonds is 6. The number of thiazole rings is 1. The van der Waals surface area contributed by atoms with Crippen LogP contribution in [0.5, 0.6) is 0 Å². The van der Waals surface area contributed by atoms with E-state index in [1.54, 1.807) is 29.2 Å². The van der Waals surface area contributed by atoms with Gasteiger partial charge < -0.3 is 4.90 Å². The average molecular weight is 503 g/mol. The number of piperidine rings is 1. The maximum Gasteiger partial charge on any atom is 0.455 e. The van der Waals surface area contributed by atoms with Crippen molar-refractivity contribution in [2.45, 2.75) is 32.4 Å². The summed E-state index contributed by atoms with van der Waals surface area (Å²) in [6.07, 6.45) is -2.87. The Hall–Kier alpha value is -3.24. The number of nitrogens with two attached hydrogens (primary N) is 1. The fraction of sp³-hybridized carbons (Fsp3) is 0.320. The summed E-state index contributed by atoms with van der Waals surface area (Å²) in [4.78, 5) is 31.4. The molecule has 1 aromatic heterocycles. The number of carbonyl (C=O) groups is 2. The van der Waals surface area contributed by atoms with Gasteiger partial charge in [0.1, 0.15) is 5.57 Å². The molecule has 2 aromatic carbocycles. The molecule has 1 aliphatic rings. The Morgan fingerprint density at radius 2 is 1.71 bits per heavy atom. The molecule has 1 fully saturated rings. The lowest BCUT2D eigenvalue weighted by molar-refractivity contribution is -0.167. The molecule has 6 nitrogen and oxygen atoms in total. The van der Waals surface area contributed by atoms with Crippen LogP contribution in [-0.4, -0.2) is 40.8 Å². The molecular formula is C25H25F3N4O2S. The highest BCUT2D eigenvalue weighted by atomic mass is 32.1. The Morgan fingerprint density at radius 1 is 1.09 bits per heavy atom. The zero-order chi connectivity index (χ0) is 25.2. The maximum absolute atomic E-state index is 13.5. The van der Waals surface area contributed by atoms with Crippen LogP contribution in [0.2, 0.25) is 0 Å². The molecule has 0 saturated carbocycles. The standard InChI is InChI=1S/C25H25F3N4O2S/c1-16(31-13-11-18(12-14-31)15-17-7-3-2-4-8-17)21(22(33)25(26,27)28)23(34)32(29)24-30-19-9-5-6-10-20(19)35-24/h2-10,18H,11-15,29H2,1H3. The second kappa shape index (κ2) is 10.2. The van der Waals surface area contributed by atoms with E-state index in [9.17, 15) is 22.8 Å². The van der Waals surface area contributed by atoms with Crippen molar-refractivity contribution in [1.82, 2.24) is 9.88 Å². The van der Waals surface area contributed by atoms with Crippen molar-refractivity contribution in [2.24, 2.45) is 11.8 Å². The first-order chi connectivity index (χ1) is 16.6. The first-order valence-corrected chi connectivity index (χ1v) is 12.0. The number of hydrogen-bond acceptors (Lipinski definition) is 6. The van der Waals surface area contributed by atoms with Crippen LogP contribution in [0, 0.1) is 5.92 Å². The third kappa shape index (κ3) is 5.54. The van der Waals surface area contributed by atoms with Gasteiger partial charge in [-0.25, -0.2) is 15.8 Å². The number of ketones is 1.